The molecule has 0 saturated heterocycles. The molecular weight excluding hydrogens is 250 g/mol. The Morgan fingerprint density at radius 2 is 2.39 bits per heavy atom. The second-order valence-corrected chi connectivity index (χ2v) is 4.56. The maximum absolute atomic E-state index is 11.6. The molecule has 1 aromatic heterocycles. The maximum Gasteiger partial charge on any atom is 0.264 e. The lowest BCUT2D eigenvalue weighted by Gasteiger charge is -2.06. The number of benzene rings is 1. The van der Waals surface area contributed by atoms with E-state index in [1.165, 1.54) is 11.3 Å². The molecule has 2 aromatic rings. The fraction of sp³-hybridized carbons (Fsp3) is 0.167. The van der Waals surface area contributed by atoms with Crippen LogP contribution in [0.4, 0.5) is 10.8 Å². The van der Waals surface area contributed by atoms with Gasteiger partial charge in [0, 0.05) is 17.1 Å². The molecule has 0 aliphatic carbocycles. The average molecular weight is 263 g/mol. The Morgan fingerprint density at radius 3 is 3.06 bits per heavy atom. The van der Waals surface area contributed by atoms with Crippen LogP contribution in [0.2, 0.25) is 0 Å². The summed E-state index contributed by atoms with van der Waals surface area (Å²) in [6.45, 7) is 1.80. The molecule has 6 heteroatoms. The number of hydrogen-bond donors (Lipinski definition) is 2. The van der Waals surface area contributed by atoms with E-state index in [1.807, 2.05) is 12.3 Å². The van der Waals surface area contributed by atoms with Crippen molar-refractivity contribution in [2.45, 2.75) is 6.92 Å². The lowest BCUT2D eigenvalue weighted by atomic mass is 10.3. The maximum atomic E-state index is 11.6. The fourth-order valence-electron chi connectivity index (χ4n) is 1.32. The molecule has 0 atom stereocenters. The summed E-state index contributed by atoms with van der Waals surface area (Å²) < 4.78 is 5.31. The number of carbonyl (C=O) groups excluding carboxylic acids is 1. The van der Waals surface area contributed by atoms with Gasteiger partial charge in [-0.15, -0.1) is 11.3 Å². The van der Waals surface area contributed by atoms with E-state index in [9.17, 15) is 4.79 Å². The van der Waals surface area contributed by atoms with Gasteiger partial charge in [0.15, 0.2) is 11.7 Å². The molecule has 0 spiro atoms. The van der Waals surface area contributed by atoms with Gasteiger partial charge in [-0.3, -0.25) is 10.1 Å². The normalized spacial score (nSPS) is 10.1. The minimum Gasteiger partial charge on any atom is -0.484 e. The number of nitrogen functional groups attached to an aromatic ring is 1. The predicted octanol–water partition coefficient (Wildman–Crippen LogP) is 2.05. The van der Waals surface area contributed by atoms with Crippen LogP contribution in [0, 0.1) is 6.92 Å². The monoisotopic (exact) mass is 263 g/mol. The number of nitrogens with zero attached hydrogens (tertiary/aromatic N) is 1. The van der Waals surface area contributed by atoms with Gasteiger partial charge in [0.25, 0.3) is 5.91 Å². The molecule has 0 aliphatic rings. The number of hydrogen-bond acceptors (Lipinski definition) is 5. The fourth-order valence-corrected chi connectivity index (χ4v) is 2.02. The van der Waals surface area contributed by atoms with Gasteiger partial charge in [-0.05, 0) is 19.1 Å². The van der Waals surface area contributed by atoms with Crippen LogP contribution in [0.3, 0.4) is 0 Å². The number of rotatable bonds is 4. The molecule has 0 bridgehead atoms. The quantitative estimate of drug-likeness (QED) is 0.828. The standard InChI is InChI=1S/C12H13N3O2S/c1-8-7-18-12(14-8)15-11(16)6-17-10-4-2-3-9(13)5-10/h2-5,7H,6,13H2,1H3,(H,14,15,16). The molecule has 0 unspecified atom stereocenters. The van der Waals surface area contributed by atoms with Gasteiger partial charge in [-0.2, -0.15) is 0 Å². The first-order chi connectivity index (χ1) is 8.63. The SMILES string of the molecule is Cc1csc(NC(=O)COc2cccc(N)c2)n1. The van der Waals surface area contributed by atoms with Crippen molar-refractivity contribution >= 4 is 28.1 Å². The lowest BCUT2D eigenvalue weighted by molar-refractivity contribution is -0.118. The van der Waals surface area contributed by atoms with Crippen molar-refractivity contribution in [3.8, 4) is 5.75 Å². The van der Waals surface area contributed by atoms with Gasteiger partial charge >= 0.3 is 0 Å². The molecule has 1 heterocycles. The van der Waals surface area contributed by atoms with Crippen molar-refractivity contribution in [2.24, 2.45) is 0 Å². The summed E-state index contributed by atoms with van der Waals surface area (Å²) in [5.41, 5.74) is 7.08. The number of aromatic nitrogens is 1. The van der Waals surface area contributed by atoms with Crippen LogP contribution in [-0.2, 0) is 4.79 Å². The highest BCUT2D eigenvalue weighted by Gasteiger charge is 2.06. The minimum absolute atomic E-state index is 0.0674. The Hall–Kier alpha value is -2.08. The van der Waals surface area contributed by atoms with Gasteiger partial charge in [0.1, 0.15) is 5.75 Å². The van der Waals surface area contributed by atoms with Crippen LogP contribution in [0.25, 0.3) is 0 Å². The van der Waals surface area contributed by atoms with E-state index in [1.54, 1.807) is 24.3 Å². The van der Waals surface area contributed by atoms with Crippen molar-refractivity contribution in [1.29, 1.82) is 0 Å². The summed E-state index contributed by atoms with van der Waals surface area (Å²) in [5.74, 6) is 0.326. The molecule has 0 radical (unpaired) electrons. The first kappa shape index (κ1) is 12.4. The topological polar surface area (TPSA) is 77.2 Å². The second-order valence-electron chi connectivity index (χ2n) is 3.70. The molecule has 3 N–H and O–H groups in total. The van der Waals surface area contributed by atoms with Crippen LogP contribution >= 0.6 is 11.3 Å². The van der Waals surface area contributed by atoms with Crippen molar-refractivity contribution < 1.29 is 9.53 Å². The third-order valence-corrected chi connectivity index (χ3v) is 2.97. The zero-order chi connectivity index (χ0) is 13.0. The largest absolute Gasteiger partial charge is 0.484 e. The zero-order valence-electron chi connectivity index (χ0n) is 9.84. The highest BCUT2D eigenvalue weighted by Crippen LogP contribution is 2.16. The molecule has 0 aliphatic heterocycles. The van der Waals surface area contributed by atoms with E-state index in [4.69, 9.17) is 10.5 Å². The summed E-state index contributed by atoms with van der Waals surface area (Å²) in [4.78, 5) is 15.7. The smallest absolute Gasteiger partial charge is 0.264 e. The summed E-state index contributed by atoms with van der Waals surface area (Å²) in [7, 11) is 0. The molecule has 1 amide bonds. The van der Waals surface area contributed by atoms with Crippen LogP contribution < -0.4 is 15.8 Å². The molecule has 1 aromatic carbocycles. The highest BCUT2D eigenvalue weighted by molar-refractivity contribution is 7.13. The number of nitrogens with one attached hydrogen (secondary N) is 1. The van der Waals surface area contributed by atoms with E-state index >= 15 is 0 Å². The number of aryl methyl sites for hydroxylation is 1. The second kappa shape index (κ2) is 5.50. The summed E-state index contributed by atoms with van der Waals surface area (Å²) >= 11 is 1.38. The van der Waals surface area contributed by atoms with Gasteiger partial charge in [-0.25, -0.2) is 4.98 Å². The van der Waals surface area contributed by atoms with E-state index in [0.717, 1.165) is 5.69 Å². The number of nitrogens with two attached hydrogens (primary N) is 1. The minimum atomic E-state index is -0.244. The summed E-state index contributed by atoms with van der Waals surface area (Å²) in [6.07, 6.45) is 0. The molecule has 94 valence electrons. The third kappa shape index (κ3) is 3.46. The predicted molar refractivity (Wildman–Crippen MR) is 71.8 cm³/mol. The molecular formula is C12H13N3O2S. The van der Waals surface area contributed by atoms with E-state index in [-0.39, 0.29) is 12.5 Å². The van der Waals surface area contributed by atoms with Crippen molar-refractivity contribution in [3.63, 3.8) is 0 Å². The van der Waals surface area contributed by atoms with Crippen LogP contribution in [0.15, 0.2) is 29.6 Å². The Morgan fingerprint density at radius 1 is 1.56 bits per heavy atom. The van der Waals surface area contributed by atoms with Crippen LogP contribution in [0.5, 0.6) is 5.75 Å². The Balaban J connectivity index is 1.85. The van der Waals surface area contributed by atoms with Crippen molar-refractivity contribution in [1.82, 2.24) is 4.98 Å². The Kier molecular flexibility index (Phi) is 3.78. The van der Waals surface area contributed by atoms with Crippen LogP contribution in [0.1, 0.15) is 5.69 Å². The molecule has 18 heavy (non-hydrogen) atoms. The highest BCUT2D eigenvalue weighted by atomic mass is 32.1. The number of thiazole rings is 1. The van der Waals surface area contributed by atoms with E-state index in [2.05, 4.69) is 10.3 Å². The summed E-state index contributed by atoms with van der Waals surface area (Å²) in [5, 5.41) is 5.11. The molecule has 0 fully saturated rings. The number of anilines is 2. The lowest BCUT2D eigenvalue weighted by Crippen LogP contribution is -2.20. The van der Waals surface area contributed by atoms with Crippen molar-refractivity contribution in [3.05, 3.63) is 35.3 Å². The number of amides is 1. The van der Waals surface area contributed by atoms with Crippen molar-refractivity contribution in [2.75, 3.05) is 17.7 Å². The third-order valence-electron chi connectivity index (χ3n) is 2.09. The Bertz CT molecular complexity index is 554. The van der Waals surface area contributed by atoms with Crippen LogP contribution in [-0.4, -0.2) is 17.5 Å². The first-order valence-corrected chi connectivity index (χ1v) is 6.22. The number of ether oxygens (including phenoxy) is 1. The number of carbonyl (C=O) groups is 1. The Labute approximate surface area is 109 Å². The molecule has 2 rings (SSSR count). The van der Waals surface area contributed by atoms with E-state index in [0.29, 0.717) is 16.6 Å². The average Bonchev–Trinajstić information content (AvgIpc) is 2.72. The molecule has 0 saturated carbocycles. The van der Waals surface area contributed by atoms with Gasteiger partial charge in [0.2, 0.25) is 0 Å². The van der Waals surface area contributed by atoms with E-state index < -0.39 is 0 Å². The molecule has 5 nitrogen and oxygen atoms in total. The van der Waals surface area contributed by atoms with Gasteiger partial charge < -0.3 is 10.5 Å². The van der Waals surface area contributed by atoms with Gasteiger partial charge in [0.05, 0.1) is 5.69 Å². The first-order valence-electron chi connectivity index (χ1n) is 5.34. The zero-order valence-corrected chi connectivity index (χ0v) is 10.7. The van der Waals surface area contributed by atoms with Gasteiger partial charge in [-0.1, -0.05) is 6.07 Å². The summed E-state index contributed by atoms with van der Waals surface area (Å²) in [6, 6.07) is 6.94.